The van der Waals surface area contributed by atoms with E-state index in [9.17, 15) is 19.7 Å². The van der Waals surface area contributed by atoms with Crippen LogP contribution in [0.1, 0.15) is 24.3 Å². The van der Waals surface area contributed by atoms with Crippen molar-refractivity contribution < 1.29 is 14.1 Å². The van der Waals surface area contributed by atoms with E-state index in [-0.39, 0.29) is 0 Å². The van der Waals surface area contributed by atoms with E-state index in [1.165, 1.54) is 6.26 Å². The van der Waals surface area contributed by atoms with Gasteiger partial charge in [0.25, 0.3) is 11.2 Å². The molecule has 0 aliphatic carbocycles. The van der Waals surface area contributed by atoms with E-state index in [1.54, 1.807) is 25.1 Å². The van der Waals surface area contributed by atoms with Crippen LogP contribution in [0.25, 0.3) is 0 Å². The van der Waals surface area contributed by atoms with Gasteiger partial charge in [0.1, 0.15) is 23.9 Å². The quantitative estimate of drug-likeness (QED) is 0.649. The molecule has 118 valence electrons. The summed E-state index contributed by atoms with van der Waals surface area (Å²) in [6.45, 7) is 1.24. The van der Waals surface area contributed by atoms with Gasteiger partial charge in [-0.05, 0) is 19.1 Å². The largest absolute Gasteiger partial charge is 0.467 e. The van der Waals surface area contributed by atoms with Crippen LogP contribution in [0.3, 0.4) is 0 Å². The highest BCUT2D eigenvalue weighted by Gasteiger charge is 2.17. The van der Waals surface area contributed by atoms with Crippen LogP contribution in [0.2, 0.25) is 0 Å². The molecule has 1 atom stereocenters. The van der Waals surface area contributed by atoms with Crippen LogP contribution >= 0.6 is 0 Å². The molecular weight excluding hydrogens is 304 g/mol. The molecule has 0 saturated heterocycles. The van der Waals surface area contributed by atoms with Crippen molar-refractivity contribution in [2.45, 2.75) is 19.5 Å². The summed E-state index contributed by atoms with van der Waals surface area (Å²) in [5.41, 5.74) is -1.60. The summed E-state index contributed by atoms with van der Waals surface area (Å²) < 4.78 is 5.98. The number of amides is 1. The second-order valence-corrected chi connectivity index (χ2v) is 4.72. The lowest BCUT2D eigenvalue weighted by molar-refractivity contribution is -0.385. The minimum absolute atomic E-state index is 0.397. The molecule has 0 unspecified atom stereocenters. The zero-order valence-electron chi connectivity index (χ0n) is 12.1. The van der Waals surface area contributed by atoms with E-state index in [2.05, 4.69) is 5.32 Å². The van der Waals surface area contributed by atoms with Crippen molar-refractivity contribution in [2.75, 3.05) is 0 Å². The molecule has 0 radical (unpaired) electrons. The van der Waals surface area contributed by atoms with E-state index in [4.69, 9.17) is 9.68 Å². The maximum atomic E-state index is 12.0. The van der Waals surface area contributed by atoms with E-state index in [1.807, 2.05) is 0 Å². The average Bonchev–Trinajstić information content (AvgIpc) is 3.03. The minimum atomic E-state index is -0.765. The number of nitrogens with one attached hydrogen (secondary N) is 1. The monoisotopic (exact) mass is 316 g/mol. The molecule has 2 heterocycles. The van der Waals surface area contributed by atoms with Crippen LogP contribution in [0.4, 0.5) is 5.69 Å². The lowest BCUT2D eigenvalue weighted by Gasteiger charge is -2.12. The Hall–Kier alpha value is -3.41. The molecule has 0 saturated carbocycles. The van der Waals surface area contributed by atoms with Crippen LogP contribution in [-0.2, 0) is 11.3 Å². The van der Waals surface area contributed by atoms with Gasteiger partial charge in [0.05, 0.1) is 23.4 Å². The first kappa shape index (κ1) is 16.0. The van der Waals surface area contributed by atoms with Crippen molar-refractivity contribution in [3.05, 3.63) is 62.5 Å². The van der Waals surface area contributed by atoms with Gasteiger partial charge in [-0.3, -0.25) is 24.3 Å². The Morgan fingerprint density at radius 1 is 1.61 bits per heavy atom. The molecule has 2 aromatic heterocycles. The molecule has 0 fully saturated rings. The topological polar surface area (TPSA) is 131 Å². The Balaban J connectivity index is 2.21. The number of pyridine rings is 1. The number of nitrogens with zero attached hydrogens (tertiary/aromatic N) is 3. The first-order valence-electron chi connectivity index (χ1n) is 6.54. The Labute approximate surface area is 129 Å². The van der Waals surface area contributed by atoms with E-state index in [0.717, 1.165) is 16.8 Å². The van der Waals surface area contributed by atoms with Crippen molar-refractivity contribution in [1.29, 1.82) is 5.26 Å². The van der Waals surface area contributed by atoms with Gasteiger partial charge in [-0.1, -0.05) is 0 Å². The molecule has 1 N–H and O–H groups in total. The fraction of sp³-hybridized carbons (Fsp3) is 0.214. The third-order valence-electron chi connectivity index (χ3n) is 3.06. The van der Waals surface area contributed by atoms with Crippen molar-refractivity contribution in [3.8, 4) is 6.07 Å². The van der Waals surface area contributed by atoms with Crippen molar-refractivity contribution >= 4 is 11.6 Å². The number of aromatic nitrogens is 1. The molecular formula is C14H12N4O5. The molecule has 0 bridgehead atoms. The number of nitro groups is 1. The fourth-order valence-electron chi connectivity index (χ4n) is 1.97. The number of furan rings is 1. The Kier molecular flexibility index (Phi) is 4.56. The number of hydrogen-bond acceptors (Lipinski definition) is 6. The van der Waals surface area contributed by atoms with Gasteiger partial charge in [0.15, 0.2) is 0 Å². The highest BCUT2D eigenvalue weighted by Crippen LogP contribution is 2.12. The summed E-state index contributed by atoms with van der Waals surface area (Å²) in [5, 5.41) is 22.3. The van der Waals surface area contributed by atoms with Crippen molar-refractivity contribution in [1.82, 2.24) is 9.88 Å². The molecule has 0 spiro atoms. The summed E-state index contributed by atoms with van der Waals surface area (Å²) in [5.74, 6) is -0.0113. The molecule has 1 amide bonds. The van der Waals surface area contributed by atoms with Gasteiger partial charge >= 0.3 is 0 Å². The predicted molar refractivity (Wildman–Crippen MR) is 77.3 cm³/mol. The fourth-order valence-corrected chi connectivity index (χ4v) is 1.97. The minimum Gasteiger partial charge on any atom is -0.467 e. The molecule has 2 aromatic rings. The molecule has 0 aliphatic rings. The maximum absolute atomic E-state index is 12.0. The van der Waals surface area contributed by atoms with Gasteiger partial charge in [0.2, 0.25) is 5.91 Å². The third kappa shape index (κ3) is 3.62. The molecule has 0 aromatic carbocycles. The molecule has 9 nitrogen and oxygen atoms in total. The lowest BCUT2D eigenvalue weighted by Crippen LogP contribution is -2.34. The average molecular weight is 316 g/mol. The van der Waals surface area contributed by atoms with Crippen LogP contribution in [0.5, 0.6) is 0 Å². The maximum Gasteiger partial charge on any atom is 0.287 e. The predicted octanol–water partition coefficient (Wildman–Crippen LogP) is 1.10. The summed E-state index contributed by atoms with van der Waals surface area (Å²) in [6, 6.07) is 5.38. The molecule has 9 heteroatoms. The third-order valence-corrected chi connectivity index (χ3v) is 3.06. The van der Waals surface area contributed by atoms with Crippen LogP contribution < -0.4 is 10.9 Å². The molecule has 23 heavy (non-hydrogen) atoms. The van der Waals surface area contributed by atoms with Gasteiger partial charge in [-0.15, -0.1) is 0 Å². The van der Waals surface area contributed by atoms with Gasteiger partial charge in [-0.25, -0.2) is 0 Å². The zero-order chi connectivity index (χ0) is 17.0. The first-order chi connectivity index (χ1) is 10.9. The number of nitriles is 1. The summed E-state index contributed by atoms with van der Waals surface area (Å²) >= 11 is 0. The first-order valence-corrected chi connectivity index (χ1v) is 6.54. The van der Waals surface area contributed by atoms with Crippen molar-refractivity contribution in [3.63, 3.8) is 0 Å². The van der Waals surface area contributed by atoms with E-state index >= 15 is 0 Å². The highest BCUT2D eigenvalue weighted by atomic mass is 16.6. The number of carbonyl (C=O) groups excluding carboxylic acids is 1. The normalized spacial score (nSPS) is 11.5. The smallest absolute Gasteiger partial charge is 0.287 e. The van der Waals surface area contributed by atoms with Gasteiger partial charge in [0, 0.05) is 6.07 Å². The van der Waals surface area contributed by atoms with Crippen LogP contribution in [-0.4, -0.2) is 15.4 Å². The highest BCUT2D eigenvalue weighted by molar-refractivity contribution is 5.76. The van der Waals surface area contributed by atoms with Crippen molar-refractivity contribution in [2.24, 2.45) is 0 Å². The lowest BCUT2D eigenvalue weighted by atomic mass is 10.2. The Morgan fingerprint density at radius 3 is 2.91 bits per heavy atom. The second-order valence-electron chi connectivity index (χ2n) is 4.72. The van der Waals surface area contributed by atoms with Gasteiger partial charge < -0.3 is 9.73 Å². The molecule has 0 aliphatic heterocycles. The van der Waals surface area contributed by atoms with Crippen LogP contribution in [0.15, 0.2) is 39.9 Å². The number of rotatable bonds is 5. The summed E-state index contributed by atoms with van der Waals surface area (Å²) in [6.07, 6.45) is 2.39. The second kappa shape index (κ2) is 6.57. The molecule has 2 rings (SSSR count). The number of carbonyl (C=O) groups is 1. The summed E-state index contributed by atoms with van der Waals surface area (Å²) in [4.78, 5) is 34.0. The standard InChI is InChI=1S/C14H12N4O5/c1-9(12-3-2-4-23-12)16-13(19)8-17-7-11(18(21)22)5-10(6-15)14(17)20/h2-5,7,9H,8H2,1H3,(H,16,19)/t9-/m0/s1. The zero-order valence-corrected chi connectivity index (χ0v) is 12.1. The summed E-state index contributed by atoms with van der Waals surface area (Å²) in [7, 11) is 0. The Morgan fingerprint density at radius 2 is 2.35 bits per heavy atom. The van der Waals surface area contributed by atoms with Crippen LogP contribution in [0, 0.1) is 21.4 Å². The SMILES string of the molecule is C[C@H](NC(=O)Cn1cc([N+](=O)[O-])cc(C#N)c1=O)c1ccco1. The van der Waals surface area contributed by atoms with Gasteiger partial charge in [-0.2, -0.15) is 5.26 Å². The number of hydrogen-bond donors (Lipinski definition) is 1. The Bertz CT molecular complexity index is 832. The van der Waals surface area contributed by atoms with E-state index in [0.29, 0.717) is 5.76 Å². The van der Waals surface area contributed by atoms with E-state index < -0.39 is 40.2 Å².